The molecule has 2 aromatic carbocycles. The number of fused-ring (bicyclic) bond motifs is 1. The topological polar surface area (TPSA) is 147 Å². The second-order valence-corrected chi connectivity index (χ2v) is 10.5. The number of nitrogen functional groups attached to an aromatic ring is 1. The Morgan fingerprint density at radius 1 is 1.11 bits per heavy atom. The molecule has 1 aliphatic carbocycles. The Balaban J connectivity index is 1.67. The molecule has 0 saturated heterocycles. The van der Waals surface area contributed by atoms with Crippen LogP contribution in [-0.2, 0) is 4.79 Å². The van der Waals surface area contributed by atoms with Crippen molar-refractivity contribution in [1.29, 1.82) is 0 Å². The number of H-pyrrole nitrogens is 1. The maximum absolute atomic E-state index is 14.3. The van der Waals surface area contributed by atoms with Gasteiger partial charge in [-0.15, -0.1) is 0 Å². The summed E-state index contributed by atoms with van der Waals surface area (Å²) in [7, 11) is 0. The smallest absolute Gasteiger partial charge is 0.273 e. The summed E-state index contributed by atoms with van der Waals surface area (Å²) in [6, 6.07) is 14.1. The van der Waals surface area contributed by atoms with Crippen molar-refractivity contribution in [2.24, 2.45) is 5.73 Å². The Hall–Kier alpha value is -4.18. The van der Waals surface area contributed by atoms with E-state index >= 15 is 0 Å². The van der Waals surface area contributed by atoms with Crippen LogP contribution in [0.2, 0.25) is 0 Å². The van der Waals surface area contributed by atoms with Gasteiger partial charge in [0.25, 0.3) is 11.8 Å². The minimum Gasteiger partial charge on any atom is -0.395 e. The lowest BCUT2D eigenvalue weighted by Crippen LogP contribution is -2.47. The van der Waals surface area contributed by atoms with E-state index in [1.54, 1.807) is 12.3 Å². The number of para-hydroxylation sites is 1. The second-order valence-electron chi connectivity index (χ2n) is 9.69. The summed E-state index contributed by atoms with van der Waals surface area (Å²) in [4.78, 5) is 45.0. The number of aromatic amines is 1. The average molecular weight is 531 g/mol. The fourth-order valence-electron chi connectivity index (χ4n) is 5.14. The molecule has 2 heterocycles. The zero-order valence-corrected chi connectivity index (χ0v) is 21.9. The number of aromatic nitrogens is 2. The third-order valence-electron chi connectivity index (χ3n) is 7.03. The Kier molecular flexibility index (Phi) is 7.15. The minimum atomic E-state index is -1.01. The second kappa shape index (κ2) is 10.7. The Morgan fingerprint density at radius 2 is 1.87 bits per heavy atom. The van der Waals surface area contributed by atoms with Crippen molar-refractivity contribution in [3.63, 3.8) is 0 Å². The van der Waals surface area contributed by atoms with Crippen LogP contribution in [0.4, 0.5) is 11.4 Å². The van der Waals surface area contributed by atoms with Crippen LogP contribution in [-0.4, -0.2) is 33.1 Å². The first-order valence-electron chi connectivity index (χ1n) is 12.7. The van der Waals surface area contributed by atoms with Crippen molar-refractivity contribution < 1.29 is 14.4 Å². The molecule has 2 aromatic heterocycles. The molecule has 0 aliphatic heterocycles. The monoisotopic (exact) mass is 530 g/mol. The number of anilines is 2. The van der Waals surface area contributed by atoms with Crippen LogP contribution in [0.15, 0.2) is 54.7 Å². The number of rotatable bonds is 7. The van der Waals surface area contributed by atoms with Gasteiger partial charge in [-0.05, 0) is 55.1 Å². The Labute approximate surface area is 224 Å². The molecular weight excluding hydrogens is 500 g/mol. The van der Waals surface area contributed by atoms with Crippen LogP contribution in [0.25, 0.3) is 10.9 Å². The van der Waals surface area contributed by atoms with Crippen LogP contribution >= 0.6 is 11.5 Å². The number of amides is 3. The third kappa shape index (κ3) is 4.87. The summed E-state index contributed by atoms with van der Waals surface area (Å²) < 4.78 is 4.03. The van der Waals surface area contributed by atoms with E-state index in [0.717, 1.165) is 60.1 Å². The lowest BCUT2D eigenvalue weighted by molar-refractivity contribution is -0.123. The Bertz CT molecular complexity index is 1500. The van der Waals surface area contributed by atoms with Gasteiger partial charge >= 0.3 is 0 Å². The predicted octanol–water partition coefficient (Wildman–Crippen LogP) is 4.45. The third-order valence-corrected chi connectivity index (χ3v) is 7.88. The molecule has 9 nitrogen and oxygen atoms in total. The quantitative estimate of drug-likeness (QED) is 0.279. The van der Waals surface area contributed by atoms with Crippen LogP contribution in [0.5, 0.6) is 0 Å². The van der Waals surface area contributed by atoms with Crippen molar-refractivity contribution >= 4 is 51.5 Å². The van der Waals surface area contributed by atoms with Gasteiger partial charge in [0, 0.05) is 34.4 Å². The highest BCUT2D eigenvalue weighted by molar-refractivity contribution is 7.09. The number of nitrogens with two attached hydrogens (primary N) is 2. The number of aryl methyl sites for hydroxylation is 1. The molecule has 1 fully saturated rings. The van der Waals surface area contributed by atoms with Gasteiger partial charge in [-0.3, -0.25) is 19.3 Å². The van der Waals surface area contributed by atoms with Gasteiger partial charge in [0.15, 0.2) is 5.69 Å². The van der Waals surface area contributed by atoms with E-state index in [9.17, 15) is 14.4 Å². The van der Waals surface area contributed by atoms with Crippen molar-refractivity contribution in [3.05, 3.63) is 76.4 Å². The molecule has 6 N–H and O–H groups in total. The highest BCUT2D eigenvalue weighted by Crippen LogP contribution is 2.36. The molecule has 1 atom stereocenters. The van der Waals surface area contributed by atoms with E-state index in [4.69, 9.17) is 11.5 Å². The highest BCUT2D eigenvalue weighted by atomic mass is 32.1. The van der Waals surface area contributed by atoms with Gasteiger partial charge in [-0.25, -0.2) is 0 Å². The van der Waals surface area contributed by atoms with E-state index in [1.165, 1.54) is 4.90 Å². The molecule has 3 amide bonds. The largest absolute Gasteiger partial charge is 0.395 e. The fourth-order valence-corrected chi connectivity index (χ4v) is 5.89. The van der Waals surface area contributed by atoms with Gasteiger partial charge in [0.1, 0.15) is 10.9 Å². The normalized spacial score (nSPS) is 14.8. The molecule has 5 rings (SSSR count). The number of hydrogen-bond acceptors (Lipinski definition) is 6. The van der Waals surface area contributed by atoms with E-state index in [1.807, 2.05) is 49.4 Å². The van der Waals surface area contributed by atoms with Crippen LogP contribution in [0, 0.1) is 6.92 Å². The molecular formula is C28H30N6O3S. The minimum absolute atomic E-state index is 0.0355. The first-order chi connectivity index (χ1) is 18.3. The number of hydrogen-bond donors (Lipinski definition) is 4. The summed E-state index contributed by atoms with van der Waals surface area (Å²) in [5.74, 6) is -1.63. The van der Waals surface area contributed by atoms with Gasteiger partial charge in [0.05, 0.1) is 5.69 Å². The number of benzene rings is 2. The lowest BCUT2D eigenvalue weighted by atomic mass is 9.94. The average Bonchev–Trinajstić information content (AvgIpc) is 3.51. The zero-order chi connectivity index (χ0) is 26.8. The number of nitrogens with one attached hydrogen (secondary N) is 2. The van der Waals surface area contributed by atoms with Gasteiger partial charge in [-0.1, -0.05) is 49.6 Å². The molecule has 4 aromatic rings. The number of primary amides is 1. The summed E-state index contributed by atoms with van der Waals surface area (Å²) in [5, 5.41) is 4.05. The van der Waals surface area contributed by atoms with E-state index in [2.05, 4.69) is 14.7 Å². The van der Waals surface area contributed by atoms with E-state index in [0.29, 0.717) is 11.3 Å². The number of carbonyl (C=O) groups is 3. The lowest BCUT2D eigenvalue weighted by Gasteiger charge is -2.33. The molecule has 10 heteroatoms. The fraction of sp³-hybridized carbons (Fsp3) is 0.286. The summed E-state index contributed by atoms with van der Waals surface area (Å²) in [5.41, 5.74) is 14.3. The maximum atomic E-state index is 14.3. The molecule has 38 heavy (non-hydrogen) atoms. The van der Waals surface area contributed by atoms with Crippen molar-refractivity contribution in [1.82, 2.24) is 14.7 Å². The molecule has 0 bridgehead atoms. The zero-order valence-electron chi connectivity index (χ0n) is 21.1. The highest BCUT2D eigenvalue weighted by Gasteiger charge is 2.38. The van der Waals surface area contributed by atoms with Crippen LogP contribution < -0.4 is 21.7 Å². The summed E-state index contributed by atoms with van der Waals surface area (Å²) >= 11 is 0.799. The molecule has 1 saturated carbocycles. The van der Waals surface area contributed by atoms with Crippen molar-refractivity contribution in [2.45, 2.75) is 51.1 Å². The Morgan fingerprint density at radius 3 is 2.58 bits per heavy atom. The predicted molar refractivity (Wildman–Crippen MR) is 149 cm³/mol. The van der Waals surface area contributed by atoms with Crippen molar-refractivity contribution in [3.8, 4) is 0 Å². The van der Waals surface area contributed by atoms with Gasteiger partial charge in [-0.2, -0.15) is 4.37 Å². The van der Waals surface area contributed by atoms with Gasteiger partial charge < -0.3 is 21.8 Å². The molecule has 196 valence electrons. The van der Waals surface area contributed by atoms with Gasteiger partial charge in [0.2, 0.25) is 5.91 Å². The standard InChI is InChI=1S/C28H30N6O3S/c1-16-8-7-11-18(14-16)34(28(37)25-22(29)23(26(30)35)33-38-25)24(27(36)32-17-9-3-2-4-10-17)20-15-31-21-13-6-5-12-19(20)21/h5-8,11-15,17,24,31H,2-4,9-10,29H2,1H3,(H2,30,35)(H,32,36). The number of carbonyl (C=O) groups excluding carboxylic acids is 3. The van der Waals surface area contributed by atoms with E-state index in [-0.39, 0.29) is 28.2 Å². The first-order valence-corrected chi connectivity index (χ1v) is 13.4. The number of nitrogens with zero attached hydrogens (tertiary/aromatic N) is 2. The summed E-state index contributed by atoms with van der Waals surface area (Å²) in [6.45, 7) is 1.92. The van der Waals surface area contributed by atoms with Crippen LogP contribution in [0.1, 0.15) is 69.4 Å². The molecule has 1 aliphatic rings. The van der Waals surface area contributed by atoms with Crippen molar-refractivity contribution in [2.75, 3.05) is 10.6 Å². The molecule has 0 spiro atoms. The van der Waals surface area contributed by atoms with Crippen LogP contribution in [0.3, 0.4) is 0 Å². The SMILES string of the molecule is Cc1cccc(N(C(=O)c2snc(C(N)=O)c2N)C(C(=O)NC2CCCCC2)c2c[nH]c3ccccc23)c1. The van der Waals surface area contributed by atoms with E-state index < -0.39 is 17.9 Å². The first kappa shape index (κ1) is 25.5. The summed E-state index contributed by atoms with van der Waals surface area (Å²) in [6.07, 6.45) is 6.83. The molecule has 0 radical (unpaired) electrons. The maximum Gasteiger partial charge on any atom is 0.273 e. The molecule has 1 unspecified atom stereocenters.